The first kappa shape index (κ1) is 19.6. The zero-order chi connectivity index (χ0) is 19.1. The maximum absolute atomic E-state index is 13.7. The topological polar surface area (TPSA) is 23.6 Å². The molecule has 0 N–H and O–H groups in total. The lowest BCUT2D eigenvalue weighted by Gasteiger charge is -2.38. The predicted molar refractivity (Wildman–Crippen MR) is 108 cm³/mol. The van der Waals surface area contributed by atoms with Gasteiger partial charge in [0.15, 0.2) is 0 Å². The van der Waals surface area contributed by atoms with Crippen molar-refractivity contribution < 1.29 is 9.18 Å². The molecule has 2 aromatic rings. The number of carbonyl (C=O) groups excluding carboxylic acids is 1. The van der Waals surface area contributed by atoms with Gasteiger partial charge < -0.3 is 9.80 Å². The van der Waals surface area contributed by atoms with Crippen molar-refractivity contribution in [2.45, 2.75) is 45.1 Å². The molecule has 0 atom stereocenters. The lowest BCUT2D eigenvalue weighted by Crippen LogP contribution is -2.48. The summed E-state index contributed by atoms with van der Waals surface area (Å²) in [4.78, 5) is 17.1. The summed E-state index contributed by atoms with van der Waals surface area (Å²) >= 11 is 0. The van der Waals surface area contributed by atoms with Gasteiger partial charge in [-0.3, -0.25) is 4.79 Å². The zero-order valence-corrected chi connectivity index (χ0v) is 16.1. The van der Waals surface area contributed by atoms with Crippen molar-refractivity contribution in [1.82, 2.24) is 4.90 Å². The number of carbonyl (C=O) groups is 1. The second-order valence-corrected chi connectivity index (χ2v) is 7.30. The first-order valence-electron chi connectivity index (χ1n) is 10.0. The molecular formula is C23H29FN2O. The molecule has 1 aliphatic heterocycles. The molecule has 144 valence electrons. The minimum atomic E-state index is -0.290. The summed E-state index contributed by atoms with van der Waals surface area (Å²) in [7, 11) is 0. The van der Waals surface area contributed by atoms with Gasteiger partial charge in [-0.2, -0.15) is 0 Å². The van der Waals surface area contributed by atoms with Crippen LogP contribution < -0.4 is 4.90 Å². The highest BCUT2D eigenvalue weighted by atomic mass is 19.1. The first-order chi connectivity index (χ1) is 13.2. The number of likely N-dealkylation sites (tertiary alicyclic amines) is 1. The van der Waals surface area contributed by atoms with Crippen molar-refractivity contribution in [3.63, 3.8) is 0 Å². The molecule has 1 heterocycles. The Bertz CT molecular complexity index is 726. The normalized spacial score (nSPS) is 15.6. The van der Waals surface area contributed by atoms with E-state index in [-0.39, 0.29) is 17.8 Å². The number of anilines is 1. The summed E-state index contributed by atoms with van der Waals surface area (Å²) in [5.41, 5.74) is 2.05. The number of piperidine rings is 1. The van der Waals surface area contributed by atoms with Crippen molar-refractivity contribution >= 4 is 11.6 Å². The smallest absolute Gasteiger partial charge is 0.227 e. The number of amides is 1. The Balaban J connectivity index is 1.61. The van der Waals surface area contributed by atoms with Crippen LogP contribution in [0.15, 0.2) is 54.6 Å². The van der Waals surface area contributed by atoms with E-state index < -0.39 is 0 Å². The van der Waals surface area contributed by atoms with E-state index in [0.29, 0.717) is 12.1 Å². The van der Waals surface area contributed by atoms with Crippen LogP contribution in [-0.2, 0) is 11.2 Å². The molecule has 0 spiro atoms. The summed E-state index contributed by atoms with van der Waals surface area (Å²) in [6, 6.07) is 17.1. The van der Waals surface area contributed by atoms with Crippen LogP contribution in [0.1, 0.15) is 38.2 Å². The molecule has 1 aliphatic rings. The number of hydrogen-bond acceptors (Lipinski definition) is 2. The van der Waals surface area contributed by atoms with Crippen LogP contribution in [0.25, 0.3) is 0 Å². The van der Waals surface area contributed by atoms with Gasteiger partial charge in [-0.1, -0.05) is 43.3 Å². The minimum Gasteiger partial charge on any atom is -0.309 e. The van der Waals surface area contributed by atoms with Crippen molar-refractivity contribution in [2.24, 2.45) is 0 Å². The summed E-state index contributed by atoms with van der Waals surface area (Å²) < 4.78 is 13.7. The molecule has 0 radical (unpaired) electrons. The van der Waals surface area contributed by atoms with E-state index in [9.17, 15) is 9.18 Å². The molecule has 0 aliphatic carbocycles. The largest absolute Gasteiger partial charge is 0.309 e. The van der Waals surface area contributed by atoms with Crippen LogP contribution in [0.3, 0.4) is 0 Å². The van der Waals surface area contributed by atoms with Crippen LogP contribution >= 0.6 is 0 Å². The van der Waals surface area contributed by atoms with Crippen molar-refractivity contribution in [3.8, 4) is 0 Å². The van der Waals surface area contributed by atoms with Crippen LogP contribution in [0, 0.1) is 5.82 Å². The Labute approximate surface area is 161 Å². The van der Waals surface area contributed by atoms with E-state index in [1.54, 1.807) is 6.07 Å². The quantitative estimate of drug-likeness (QED) is 0.709. The van der Waals surface area contributed by atoms with E-state index in [2.05, 4.69) is 29.2 Å². The van der Waals surface area contributed by atoms with E-state index in [0.717, 1.165) is 45.3 Å². The minimum absolute atomic E-state index is 0.103. The number of hydrogen-bond donors (Lipinski definition) is 0. The molecule has 1 amide bonds. The number of halogens is 1. The Morgan fingerprint density at radius 2 is 1.85 bits per heavy atom. The fraction of sp³-hybridized carbons (Fsp3) is 0.435. The van der Waals surface area contributed by atoms with Gasteiger partial charge >= 0.3 is 0 Å². The van der Waals surface area contributed by atoms with E-state index in [1.165, 1.54) is 17.7 Å². The molecule has 1 fully saturated rings. The van der Waals surface area contributed by atoms with Gasteiger partial charge in [0.05, 0.1) is 0 Å². The monoisotopic (exact) mass is 368 g/mol. The Kier molecular flexibility index (Phi) is 6.99. The van der Waals surface area contributed by atoms with E-state index >= 15 is 0 Å². The second-order valence-electron chi connectivity index (χ2n) is 7.30. The average molecular weight is 368 g/mol. The molecule has 0 unspecified atom stereocenters. The SMILES string of the molecule is CCCC(=O)N(c1cccc(F)c1)C1CCN(CCc2ccccc2)CC1. The summed E-state index contributed by atoms with van der Waals surface area (Å²) in [6.45, 7) is 5.00. The van der Waals surface area contributed by atoms with E-state index in [1.807, 2.05) is 24.0 Å². The lowest BCUT2D eigenvalue weighted by atomic mass is 10.0. The van der Waals surface area contributed by atoms with Crippen LogP contribution in [-0.4, -0.2) is 36.5 Å². The molecule has 0 aromatic heterocycles. The third-order valence-corrected chi connectivity index (χ3v) is 5.30. The Hall–Kier alpha value is -2.20. The maximum Gasteiger partial charge on any atom is 0.227 e. The molecule has 2 aromatic carbocycles. The standard InChI is InChI=1S/C23H29FN2O/c1-2-7-23(27)26(22-11-6-10-20(24)18-22)21-13-16-25(17-14-21)15-12-19-8-4-3-5-9-19/h3-6,8-11,18,21H,2,7,12-17H2,1H3. The van der Waals surface area contributed by atoms with Gasteiger partial charge in [-0.25, -0.2) is 4.39 Å². The van der Waals surface area contributed by atoms with Crippen molar-refractivity contribution in [2.75, 3.05) is 24.5 Å². The molecule has 0 bridgehead atoms. The molecule has 3 nitrogen and oxygen atoms in total. The van der Waals surface area contributed by atoms with Crippen LogP contribution in [0.2, 0.25) is 0 Å². The molecule has 3 rings (SSSR count). The highest BCUT2D eigenvalue weighted by molar-refractivity contribution is 5.93. The van der Waals surface area contributed by atoms with E-state index in [4.69, 9.17) is 0 Å². The van der Waals surface area contributed by atoms with Gasteiger partial charge in [0.25, 0.3) is 0 Å². The Morgan fingerprint density at radius 3 is 2.52 bits per heavy atom. The molecular weight excluding hydrogens is 339 g/mol. The van der Waals surface area contributed by atoms with Gasteiger partial charge in [0.2, 0.25) is 5.91 Å². The molecule has 27 heavy (non-hydrogen) atoms. The van der Waals surface area contributed by atoms with Gasteiger partial charge in [-0.05, 0) is 49.4 Å². The molecule has 4 heteroatoms. The summed E-state index contributed by atoms with van der Waals surface area (Å²) in [6.07, 6.45) is 4.22. The van der Waals surface area contributed by atoms with Gasteiger partial charge in [-0.15, -0.1) is 0 Å². The van der Waals surface area contributed by atoms with Crippen molar-refractivity contribution in [3.05, 3.63) is 66.0 Å². The van der Waals surface area contributed by atoms with Gasteiger partial charge in [0.1, 0.15) is 5.82 Å². The van der Waals surface area contributed by atoms with Gasteiger partial charge in [0, 0.05) is 37.8 Å². The number of nitrogens with zero attached hydrogens (tertiary/aromatic N) is 2. The number of benzene rings is 2. The van der Waals surface area contributed by atoms with Crippen molar-refractivity contribution in [1.29, 1.82) is 0 Å². The summed E-state index contributed by atoms with van der Waals surface area (Å²) in [5, 5.41) is 0. The average Bonchev–Trinajstić information content (AvgIpc) is 2.69. The third-order valence-electron chi connectivity index (χ3n) is 5.30. The second kappa shape index (κ2) is 9.65. The fourth-order valence-corrected chi connectivity index (χ4v) is 3.85. The Morgan fingerprint density at radius 1 is 1.11 bits per heavy atom. The van der Waals surface area contributed by atoms with Crippen LogP contribution in [0.5, 0.6) is 0 Å². The van der Waals surface area contributed by atoms with Crippen LogP contribution in [0.4, 0.5) is 10.1 Å². The third kappa shape index (κ3) is 5.39. The fourth-order valence-electron chi connectivity index (χ4n) is 3.85. The highest BCUT2D eigenvalue weighted by Gasteiger charge is 2.28. The highest BCUT2D eigenvalue weighted by Crippen LogP contribution is 2.26. The summed E-state index contributed by atoms with van der Waals surface area (Å²) in [5.74, 6) is -0.187. The molecule has 0 saturated carbocycles. The lowest BCUT2D eigenvalue weighted by molar-refractivity contribution is -0.119. The predicted octanol–water partition coefficient (Wildman–Crippen LogP) is 4.67. The zero-order valence-electron chi connectivity index (χ0n) is 16.1. The first-order valence-corrected chi connectivity index (χ1v) is 10.0. The molecule has 1 saturated heterocycles. The maximum atomic E-state index is 13.7. The number of rotatable bonds is 7.